The number of methoxy groups -OCH3 is 1. The topological polar surface area (TPSA) is 76.0 Å². The summed E-state index contributed by atoms with van der Waals surface area (Å²) >= 11 is 0. The quantitative estimate of drug-likeness (QED) is 0.330. The average Bonchev–Trinajstić information content (AvgIpc) is 2.56. The summed E-state index contributed by atoms with van der Waals surface area (Å²) in [7, 11) is 1.52. The van der Waals surface area contributed by atoms with E-state index in [9.17, 15) is 15.0 Å². The number of ether oxygens (including phenoxy) is 2. The first kappa shape index (κ1) is 19.3. The van der Waals surface area contributed by atoms with Gasteiger partial charge in [-0.3, -0.25) is 0 Å². The SMILES string of the molecule is CCCCCC1OC(=O)c2c(O)c(CC=C(C)C)cc(O)c2C1OC. The molecule has 138 valence electrons. The summed E-state index contributed by atoms with van der Waals surface area (Å²) < 4.78 is 11.1. The van der Waals surface area contributed by atoms with E-state index in [0.717, 1.165) is 24.8 Å². The molecule has 1 aliphatic rings. The molecule has 0 bridgehead atoms. The van der Waals surface area contributed by atoms with E-state index in [2.05, 4.69) is 6.92 Å². The first-order valence-electron chi connectivity index (χ1n) is 8.85. The van der Waals surface area contributed by atoms with Crippen molar-refractivity contribution in [3.63, 3.8) is 0 Å². The zero-order valence-corrected chi connectivity index (χ0v) is 15.5. The molecule has 2 rings (SSSR count). The molecule has 2 atom stereocenters. The highest BCUT2D eigenvalue weighted by Crippen LogP contribution is 2.44. The number of phenolic OH excluding ortho intramolecular Hbond substituents is 2. The Morgan fingerprint density at radius 3 is 2.64 bits per heavy atom. The van der Waals surface area contributed by atoms with E-state index in [1.54, 1.807) is 0 Å². The van der Waals surface area contributed by atoms with Crippen LogP contribution in [0.4, 0.5) is 0 Å². The number of benzene rings is 1. The van der Waals surface area contributed by atoms with Crippen molar-refractivity contribution in [2.75, 3.05) is 7.11 Å². The molecule has 0 spiro atoms. The number of cyclic esters (lactones) is 1. The van der Waals surface area contributed by atoms with Crippen molar-refractivity contribution >= 4 is 5.97 Å². The fourth-order valence-corrected chi connectivity index (χ4v) is 3.21. The summed E-state index contributed by atoms with van der Waals surface area (Å²) in [4.78, 5) is 12.5. The van der Waals surface area contributed by atoms with Crippen molar-refractivity contribution in [3.8, 4) is 11.5 Å². The minimum Gasteiger partial charge on any atom is -0.508 e. The lowest BCUT2D eigenvalue weighted by atomic mass is 9.89. The highest BCUT2D eigenvalue weighted by atomic mass is 16.6. The van der Waals surface area contributed by atoms with Crippen LogP contribution in [0, 0.1) is 0 Å². The summed E-state index contributed by atoms with van der Waals surface area (Å²) in [5, 5.41) is 21.1. The maximum absolute atomic E-state index is 12.5. The first-order valence-corrected chi connectivity index (χ1v) is 8.85. The van der Waals surface area contributed by atoms with Crippen LogP contribution in [0.3, 0.4) is 0 Å². The predicted molar refractivity (Wildman–Crippen MR) is 96.0 cm³/mol. The number of unbranched alkanes of at least 4 members (excludes halogenated alkanes) is 2. The lowest BCUT2D eigenvalue weighted by Gasteiger charge is -2.33. The maximum Gasteiger partial charge on any atom is 0.342 e. The Labute approximate surface area is 149 Å². The Morgan fingerprint density at radius 2 is 2.04 bits per heavy atom. The minimum absolute atomic E-state index is 0.0238. The van der Waals surface area contributed by atoms with Gasteiger partial charge in [-0.25, -0.2) is 4.79 Å². The fraction of sp³-hybridized carbons (Fsp3) is 0.550. The minimum atomic E-state index is -0.600. The second kappa shape index (κ2) is 8.39. The largest absolute Gasteiger partial charge is 0.508 e. The fourth-order valence-electron chi connectivity index (χ4n) is 3.21. The van der Waals surface area contributed by atoms with Gasteiger partial charge in [0.05, 0.1) is 0 Å². The molecule has 0 fully saturated rings. The molecule has 0 aromatic heterocycles. The van der Waals surface area contributed by atoms with Crippen LogP contribution in [0.5, 0.6) is 11.5 Å². The number of aromatic hydroxyl groups is 2. The van der Waals surface area contributed by atoms with Gasteiger partial charge in [0, 0.05) is 18.2 Å². The third-order valence-corrected chi connectivity index (χ3v) is 4.56. The molecule has 5 nitrogen and oxygen atoms in total. The lowest BCUT2D eigenvalue weighted by molar-refractivity contribution is -0.0515. The van der Waals surface area contributed by atoms with Crippen molar-refractivity contribution in [3.05, 3.63) is 34.4 Å². The number of phenols is 2. The van der Waals surface area contributed by atoms with Crippen molar-refractivity contribution in [2.24, 2.45) is 0 Å². The molecule has 25 heavy (non-hydrogen) atoms. The van der Waals surface area contributed by atoms with Crippen molar-refractivity contribution < 1.29 is 24.5 Å². The van der Waals surface area contributed by atoms with Gasteiger partial charge in [-0.1, -0.05) is 31.4 Å². The molecule has 5 heteroatoms. The number of allylic oxidation sites excluding steroid dienone is 2. The van der Waals surface area contributed by atoms with Crippen LogP contribution >= 0.6 is 0 Å². The highest BCUT2D eigenvalue weighted by molar-refractivity contribution is 5.97. The summed E-state index contributed by atoms with van der Waals surface area (Å²) in [5.74, 6) is -0.769. The number of rotatable bonds is 7. The van der Waals surface area contributed by atoms with Crippen LogP contribution in [0.25, 0.3) is 0 Å². The molecule has 0 aliphatic carbocycles. The molecule has 1 aromatic carbocycles. The molecule has 2 N–H and O–H groups in total. The normalized spacial score (nSPS) is 19.3. The third-order valence-electron chi connectivity index (χ3n) is 4.56. The van der Waals surface area contributed by atoms with Gasteiger partial charge in [-0.15, -0.1) is 0 Å². The molecule has 0 saturated heterocycles. The van der Waals surface area contributed by atoms with E-state index < -0.39 is 18.2 Å². The molecular weight excluding hydrogens is 320 g/mol. The van der Waals surface area contributed by atoms with Crippen molar-refractivity contribution in [1.29, 1.82) is 0 Å². The van der Waals surface area contributed by atoms with E-state index >= 15 is 0 Å². The molecule has 0 radical (unpaired) electrons. The van der Waals surface area contributed by atoms with E-state index in [-0.39, 0.29) is 17.1 Å². The molecule has 1 heterocycles. The van der Waals surface area contributed by atoms with Gasteiger partial charge in [0.1, 0.15) is 29.3 Å². The monoisotopic (exact) mass is 348 g/mol. The number of carbonyl (C=O) groups excluding carboxylic acids is 1. The van der Waals surface area contributed by atoms with Crippen LogP contribution in [0.1, 0.15) is 74.0 Å². The van der Waals surface area contributed by atoms with Gasteiger partial charge < -0.3 is 19.7 Å². The van der Waals surface area contributed by atoms with E-state index in [4.69, 9.17) is 9.47 Å². The van der Waals surface area contributed by atoms with Gasteiger partial charge in [-0.05, 0) is 39.2 Å². The maximum atomic E-state index is 12.5. The van der Waals surface area contributed by atoms with Gasteiger partial charge in [0.25, 0.3) is 0 Å². The molecule has 2 unspecified atom stereocenters. The Kier molecular flexibility index (Phi) is 6.48. The summed E-state index contributed by atoms with van der Waals surface area (Å²) in [5.41, 5.74) is 1.94. The van der Waals surface area contributed by atoms with Crippen LogP contribution in [-0.2, 0) is 15.9 Å². The van der Waals surface area contributed by atoms with Crippen molar-refractivity contribution in [2.45, 2.75) is 65.1 Å². The summed E-state index contributed by atoms with van der Waals surface area (Å²) in [6.07, 6.45) is 5.01. The number of fused-ring (bicyclic) bond motifs is 1. The molecule has 1 aromatic rings. The van der Waals surface area contributed by atoms with Crippen LogP contribution < -0.4 is 0 Å². The predicted octanol–water partition coefficient (Wildman–Crippen LogP) is 4.41. The molecule has 0 saturated carbocycles. The van der Waals surface area contributed by atoms with E-state index in [0.29, 0.717) is 24.0 Å². The van der Waals surface area contributed by atoms with Gasteiger partial charge in [-0.2, -0.15) is 0 Å². The summed E-state index contributed by atoms with van der Waals surface area (Å²) in [6.45, 7) is 6.00. The number of esters is 1. The van der Waals surface area contributed by atoms with E-state index in [1.807, 2.05) is 19.9 Å². The number of hydrogen-bond acceptors (Lipinski definition) is 5. The van der Waals surface area contributed by atoms with Gasteiger partial charge >= 0.3 is 5.97 Å². The van der Waals surface area contributed by atoms with E-state index in [1.165, 1.54) is 13.2 Å². The van der Waals surface area contributed by atoms with Crippen LogP contribution in [0.2, 0.25) is 0 Å². The summed E-state index contributed by atoms with van der Waals surface area (Å²) in [6, 6.07) is 1.52. The number of carbonyl (C=O) groups is 1. The Bertz CT molecular complexity index is 659. The van der Waals surface area contributed by atoms with Crippen LogP contribution in [-0.4, -0.2) is 29.4 Å². The Hall–Kier alpha value is -2.01. The highest BCUT2D eigenvalue weighted by Gasteiger charge is 2.40. The number of hydrogen-bond donors (Lipinski definition) is 2. The molecule has 1 aliphatic heterocycles. The van der Waals surface area contributed by atoms with Crippen molar-refractivity contribution in [1.82, 2.24) is 0 Å². The zero-order chi connectivity index (χ0) is 18.6. The van der Waals surface area contributed by atoms with Gasteiger partial charge in [0.2, 0.25) is 0 Å². The Morgan fingerprint density at radius 1 is 1.32 bits per heavy atom. The average molecular weight is 348 g/mol. The Balaban J connectivity index is 2.43. The second-order valence-corrected chi connectivity index (χ2v) is 6.77. The standard InChI is InChI=1S/C20H28O5/c1-5-6-7-8-15-19(24-4)16-14(21)11-13(10-9-12(2)3)18(22)17(16)20(23)25-15/h9,11,15,19,21-22H,5-8,10H2,1-4H3. The lowest BCUT2D eigenvalue weighted by Crippen LogP contribution is -2.33. The molecular formula is C20H28O5. The van der Waals surface area contributed by atoms with Gasteiger partial charge in [0.15, 0.2) is 0 Å². The zero-order valence-electron chi connectivity index (χ0n) is 15.5. The molecule has 0 amide bonds. The second-order valence-electron chi connectivity index (χ2n) is 6.77. The third kappa shape index (κ3) is 4.15. The first-order chi connectivity index (χ1) is 11.9. The smallest absolute Gasteiger partial charge is 0.342 e. The van der Waals surface area contributed by atoms with Crippen LogP contribution in [0.15, 0.2) is 17.7 Å².